The zero-order valence-corrected chi connectivity index (χ0v) is 9.79. The van der Waals surface area contributed by atoms with Crippen LogP contribution in [-0.2, 0) is 0 Å². The van der Waals surface area contributed by atoms with Crippen LogP contribution in [0.4, 0.5) is 4.79 Å². The number of nitrogens with one attached hydrogen (secondary N) is 1. The summed E-state index contributed by atoms with van der Waals surface area (Å²) in [5, 5.41) is 2.78. The Morgan fingerprint density at radius 1 is 1.54 bits per heavy atom. The molecule has 1 aliphatic rings. The maximum Gasteiger partial charge on any atom is 0.317 e. The van der Waals surface area contributed by atoms with Crippen LogP contribution >= 0.6 is 27.7 Å². The molecule has 3 nitrogen and oxygen atoms in total. The zero-order chi connectivity index (χ0) is 9.68. The predicted octanol–water partition coefficient (Wildman–Crippen LogP) is 1.65. The molecule has 0 saturated carbocycles. The molecule has 0 aromatic heterocycles. The van der Waals surface area contributed by atoms with Gasteiger partial charge in [-0.15, -0.1) is 0 Å². The molecule has 0 aromatic rings. The van der Waals surface area contributed by atoms with E-state index in [0.29, 0.717) is 6.54 Å². The normalized spacial score (nSPS) is 16.8. The molecule has 0 bridgehead atoms. The molecular weight excluding hydrogens is 252 g/mol. The lowest BCUT2D eigenvalue weighted by molar-refractivity contribution is 0.204. The van der Waals surface area contributed by atoms with Crippen LogP contribution in [0.1, 0.15) is 0 Å². The maximum atomic E-state index is 11.4. The quantitative estimate of drug-likeness (QED) is 0.823. The van der Waals surface area contributed by atoms with Crippen molar-refractivity contribution in [1.82, 2.24) is 10.2 Å². The van der Waals surface area contributed by atoms with Crippen LogP contribution in [0.2, 0.25) is 0 Å². The highest BCUT2D eigenvalue weighted by Crippen LogP contribution is 2.09. The van der Waals surface area contributed by atoms with Gasteiger partial charge in [0.1, 0.15) is 0 Å². The van der Waals surface area contributed by atoms with Crippen LogP contribution < -0.4 is 5.32 Å². The largest absolute Gasteiger partial charge is 0.333 e. The van der Waals surface area contributed by atoms with Gasteiger partial charge in [0.25, 0.3) is 0 Å². The number of carbonyl (C=O) groups is 1. The molecule has 74 valence electrons. The fourth-order valence-electron chi connectivity index (χ4n) is 1.05. The molecule has 1 aliphatic heterocycles. The van der Waals surface area contributed by atoms with E-state index in [1.54, 1.807) is 0 Å². The van der Waals surface area contributed by atoms with E-state index in [0.717, 1.165) is 29.1 Å². The minimum Gasteiger partial charge on any atom is -0.333 e. The molecule has 1 fully saturated rings. The summed E-state index contributed by atoms with van der Waals surface area (Å²) < 4.78 is 0.798. The lowest BCUT2D eigenvalue weighted by Gasteiger charge is -2.26. The van der Waals surface area contributed by atoms with Crippen LogP contribution in [0, 0.1) is 0 Å². The molecule has 13 heavy (non-hydrogen) atoms. The average Bonchev–Trinajstić information content (AvgIpc) is 2.15. The Morgan fingerprint density at radius 2 is 2.15 bits per heavy atom. The molecule has 1 N–H and O–H groups in total. The van der Waals surface area contributed by atoms with Gasteiger partial charge in [-0.25, -0.2) is 4.79 Å². The van der Waals surface area contributed by atoms with Crippen LogP contribution in [0.3, 0.4) is 0 Å². The predicted molar refractivity (Wildman–Crippen MR) is 60.4 cm³/mol. The fraction of sp³-hybridized carbons (Fsp3) is 0.625. The average molecular weight is 265 g/mol. The van der Waals surface area contributed by atoms with Crippen molar-refractivity contribution in [3.63, 3.8) is 0 Å². The first-order chi connectivity index (χ1) is 6.20. The van der Waals surface area contributed by atoms with E-state index in [1.807, 2.05) is 16.7 Å². The molecule has 1 rings (SSSR count). The van der Waals surface area contributed by atoms with E-state index in [4.69, 9.17) is 0 Å². The molecule has 2 amide bonds. The Labute approximate surface area is 91.1 Å². The highest BCUT2D eigenvalue weighted by molar-refractivity contribution is 9.11. The van der Waals surface area contributed by atoms with Crippen molar-refractivity contribution in [3.8, 4) is 0 Å². The molecule has 5 heteroatoms. The van der Waals surface area contributed by atoms with Gasteiger partial charge >= 0.3 is 6.03 Å². The summed E-state index contributed by atoms with van der Waals surface area (Å²) >= 11 is 5.09. The van der Waals surface area contributed by atoms with Gasteiger partial charge in [-0.3, -0.25) is 0 Å². The van der Waals surface area contributed by atoms with Gasteiger partial charge in [0, 0.05) is 29.1 Å². The standard InChI is InChI=1S/C8H13BrN2OS/c1-7(9)6-10-8(12)11-2-4-13-5-3-11/h1-6H2,(H,10,12). The summed E-state index contributed by atoms with van der Waals surface area (Å²) in [4.78, 5) is 13.3. The molecule has 0 unspecified atom stereocenters. The molecule has 1 saturated heterocycles. The molecule has 1 heterocycles. The number of halogens is 1. The number of urea groups is 1. The first-order valence-electron chi connectivity index (χ1n) is 4.14. The van der Waals surface area contributed by atoms with Crippen molar-refractivity contribution in [2.45, 2.75) is 0 Å². The minimum absolute atomic E-state index is 0.0147. The smallest absolute Gasteiger partial charge is 0.317 e. The Kier molecular flexibility index (Phi) is 4.66. The Hall–Kier alpha value is -0.160. The van der Waals surface area contributed by atoms with Crippen molar-refractivity contribution in [2.75, 3.05) is 31.1 Å². The Morgan fingerprint density at radius 3 is 2.69 bits per heavy atom. The van der Waals surface area contributed by atoms with Gasteiger partial charge in [0.15, 0.2) is 0 Å². The molecule has 0 aliphatic carbocycles. The first kappa shape index (κ1) is 10.9. The maximum absolute atomic E-state index is 11.4. The van der Waals surface area contributed by atoms with Crippen molar-refractivity contribution in [3.05, 3.63) is 11.1 Å². The molecular formula is C8H13BrN2OS. The van der Waals surface area contributed by atoms with Gasteiger partial charge in [-0.05, 0) is 0 Å². The lowest BCUT2D eigenvalue weighted by atomic mass is 10.5. The molecule has 0 radical (unpaired) electrons. The van der Waals surface area contributed by atoms with E-state index >= 15 is 0 Å². The Balaban J connectivity index is 2.25. The summed E-state index contributed by atoms with van der Waals surface area (Å²) in [6.45, 7) is 5.86. The SMILES string of the molecule is C=C(Br)CNC(=O)N1CCSCC1. The second-order valence-electron chi connectivity index (χ2n) is 2.78. The molecule has 0 aromatic carbocycles. The van der Waals surface area contributed by atoms with E-state index < -0.39 is 0 Å². The number of hydrogen-bond acceptors (Lipinski definition) is 2. The third-order valence-corrected chi connectivity index (χ3v) is 2.95. The van der Waals surface area contributed by atoms with Crippen LogP contribution in [0.25, 0.3) is 0 Å². The van der Waals surface area contributed by atoms with Crippen LogP contribution in [-0.4, -0.2) is 42.1 Å². The van der Waals surface area contributed by atoms with E-state index in [-0.39, 0.29) is 6.03 Å². The summed E-state index contributed by atoms with van der Waals surface area (Å²) in [5.74, 6) is 2.09. The van der Waals surface area contributed by atoms with Crippen LogP contribution in [0.15, 0.2) is 11.1 Å². The van der Waals surface area contributed by atoms with Gasteiger partial charge in [-0.1, -0.05) is 22.5 Å². The molecule has 0 atom stereocenters. The van der Waals surface area contributed by atoms with Crippen molar-refractivity contribution >= 4 is 33.7 Å². The van der Waals surface area contributed by atoms with Crippen molar-refractivity contribution in [1.29, 1.82) is 0 Å². The second-order valence-corrected chi connectivity index (χ2v) is 5.12. The van der Waals surface area contributed by atoms with Gasteiger partial charge < -0.3 is 10.2 Å². The number of carbonyl (C=O) groups excluding carboxylic acids is 1. The third kappa shape index (κ3) is 4.04. The van der Waals surface area contributed by atoms with Crippen LogP contribution in [0.5, 0.6) is 0 Å². The van der Waals surface area contributed by atoms with Crippen molar-refractivity contribution < 1.29 is 4.79 Å². The van der Waals surface area contributed by atoms with E-state index in [1.165, 1.54) is 0 Å². The van der Waals surface area contributed by atoms with Gasteiger partial charge in [-0.2, -0.15) is 11.8 Å². The second kappa shape index (κ2) is 5.54. The summed E-state index contributed by atoms with van der Waals surface area (Å²) in [7, 11) is 0. The first-order valence-corrected chi connectivity index (χ1v) is 6.08. The number of amides is 2. The number of nitrogens with zero attached hydrogens (tertiary/aromatic N) is 1. The van der Waals surface area contributed by atoms with Gasteiger partial charge in [0.2, 0.25) is 0 Å². The highest BCUT2D eigenvalue weighted by Gasteiger charge is 2.15. The van der Waals surface area contributed by atoms with Crippen molar-refractivity contribution in [2.24, 2.45) is 0 Å². The van der Waals surface area contributed by atoms with E-state index in [2.05, 4.69) is 27.8 Å². The number of rotatable bonds is 2. The minimum atomic E-state index is 0.0147. The monoisotopic (exact) mass is 264 g/mol. The zero-order valence-electron chi connectivity index (χ0n) is 7.38. The topological polar surface area (TPSA) is 32.3 Å². The summed E-state index contributed by atoms with van der Waals surface area (Å²) in [6, 6.07) is 0.0147. The third-order valence-electron chi connectivity index (χ3n) is 1.73. The van der Waals surface area contributed by atoms with E-state index in [9.17, 15) is 4.79 Å². The Bertz CT molecular complexity index is 204. The molecule has 0 spiro atoms. The number of thioether (sulfide) groups is 1. The van der Waals surface area contributed by atoms with Gasteiger partial charge in [0.05, 0.1) is 6.54 Å². The number of hydrogen-bond donors (Lipinski definition) is 1. The highest BCUT2D eigenvalue weighted by atomic mass is 79.9. The summed E-state index contributed by atoms with van der Waals surface area (Å²) in [6.07, 6.45) is 0. The summed E-state index contributed by atoms with van der Waals surface area (Å²) in [5.41, 5.74) is 0. The lowest BCUT2D eigenvalue weighted by Crippen LogP contribution is -2.44. The fourth-order valence-corrected chi connectivity index (χ4v) is 2.09.